The first-order valence-electron chi connectivity index (χ1n) is 11.5. The molecule has 2 bridgehead atoms. The topological polar surface area (TPSA) is 118 Å². The largest absolute Gasteiger partial charge is 0.475 e. The minimum atomic E-state index is -4.93. The van der Waals surface area contributed by atoms with Gasteiger partial charge in [0.15, 0.2) is 5.69 Å². The minimum Gasteiger partial charge on any atom is -0.475 e. The number of carbonyl (C=O) groups is 2. The molecule has 1 N–H and O–H groups in total. The second kappa shape index (κ2) is 7.95. The summed E-state index contributed by atoms with van der Waals surface area (Å²) in [6.45, 7) is 2.19. The van der Waals surface area contributed by atoms with Crippen LogP contribution >= 0.6 is 0 Å². The Kier molecular flexibility index (Phi) is 5.49. The molecule has 3 aliphatic rings. The Hall–Kier alpha value is -3.64. The Balaban J connectivity index is 1.47. The van der Waals surface area contributed by atoms with Crippen molar-refractivity contribution < 1.29 is 50.5 Å². The number of anilines is 1. The van der Waals surface area contributed by atoms with Gasteiger partial charge < -0.3 is 14.6 Å². The molecule has 0 saturated carbocycles. The van der Waals surface area contributed by atoms with Gasteiger partial charge in [0.1, 0.15) is 17.8 Å². The van der Waals surface area contributed by atoms with E-state index in [4.69, 9.17) is 14.7 Å². The maximum atomic E-state index is 13.6. The number of aliphatic hydroxyl groups is 1. The van der Waals surface area contributed by atoms with Gasteiger partial charge in [-0.05, 0) is 32.0 Å². The zero-order valence-electron chi connectivity index (χ0n) is 20.5. The molecular weight excluding hydrogens is 538 g/mol. The van der Waals surface area contributed by atoms with E-state index < -0.39 is 81.9 Å². The van der Waals surface area contributed by atoms with Crippen LogP contribution in [0.3, 0.4) is 0 Å². The van der Waals surface area contributed by atoms with Gasteiger partial charge in [-0.2, -0.15) is 36.7 Å². The highest BCUT2D eigenvalue weighted by Crippen LogP contribution is 2.64. The zero-order chi connectivity index (χ0) is 28.9. The highest BCUT2D eigenvalue weighted by atomic mass is 19.4. The first-order chi connectivity index (χ1) is 17.9. The molecule has 3 saturated heterocycles. The average molecular weight is 558 g/mol. The highest BCUT2D eigenvalue weighted by molar-refractivity contribution is 6.23. The second-order valence-corrected chi connectivity index (χ2v) is 10.3. The lowest BCUT2D eigenvalue weighted by atomic mass is 9.61. The van der Waals surface area contributed by atoms with Gasteiger partial charge in [0, 0.05) is 19.5 Å². The van der Waals surface area contributed by atoms with E-state index in [1.807, 2.05) is 0 Å². The molecule has 2 aromatic rings. The number of halogens is 6. The Labute approximate surface area is 216 Å². The monoisotopic (exact) mass is 558 g/mol. The highest BCUT2D eigenvalue weighted by Gasteiger charge is 2.80. The predicted octanol–water partition coefficient (Wildman–Crippen LogP) is 3.20. The molecule has 9 nitrogen and oxygen atoms in total. The van der Waals surface area contributed by atoms with Crippen LogP contribution in [0.5, 0.6) is 5.88 Å². The number of ether oxygens (including phenoxy) is 2. The Morgan fingerprint density at radius 1 is 1.13 bits per heavy atom. The lowest BCUT2D eigenvalue weighted by molar-refractivity contribution is -0.155. The number of imide groups is 1. The Morgan fingerprint density at radius 2 is 1.77 bits per heavy atom. The van der Waals surface area contributed by atoms with E-state index in [2.05, 4.69) is 5.10 Å². The fourth-order valence-electron chi connectivity index (χ4n) is 6.11. The summed E-state index contributed by atoms with van der Waals surface area (Å²) < 4.78 is 91.9. The molecule has 0 spiro atoms. The Bertz CT molecular complexity index is 1450. The summed E-state index contributed by atoms with van der Waals surface area (Å²) in [5.74, 6) is -4.57. The summed E-state index contributed by atoms with van der Waals surface area (Å²) in [5, 5.41) is 24.0. The van der Waals surface area contributed by atoms with E-state index in [1.165, 1.54) is 27.0 Å². The molecule has 0 aliphatic carbocycles. The molecule has 15 heteroatoms. The van der Waals surface area contributed by atoms with Crippen LogP contribution in [-0.4, -0.2) is 50.1 Å². The summed E-state index contributed by atoms with van der Waals surface area (Å²) in [6.07, 6.45) is -9.93. The molecule has 2 amide bonds. The lowest BCUT2D eigenvalue weighted by Crippen LogP contribution is -2.61. The van der Waals surface area contributed by atoms with E-state index in [-0.39, 0.29) is 12.3 Å². The average Bonchev–Trinajstić information content (AvgIpc) is 3.46. The van der Waals surface area contributed by atoms with Gasteiger partial charge in [-0.25, -0.2) is 9.58 Å². The van der Waals surface area contributed by atoms with Crippen molar-refractivity contribution in [2.24, 2.45) is 18.9 Å². The minimum absolute atomic E-state index is 0.254. The Morgan fingerprint density at radius 3 is 2.33 bits per heavy atom. The molecular formula is C24H20F6N4O5. The first-order valence-corrected chi connectivity index (χ1v) is 11.5. The van der Waals surface area contributed by atoms with Crippen LogP contribution < -0.4 is 9.64 Å². The molecule has 1 aromatic carbocycles. The third kappa shape index (κ3) is 3.72. The van der Waals surface area contributed by atoms with Gasteiger partial charge in [-0.3, -0.25) is 9.59 Å². The van der Waals surface area contributed by atoms with Gasteiger partial charge in [0.05, 0.1) is 40.3 Å². The van der Waals surface area contributed by atoms with E-state index >= 15 is 0 Å². The van der Waals surface area contributed by atoms with Crippen molar-refractivity contribution in [3.05, 3.63) is 41.1 Å². The standard InChI is InChI=1S/C24H20F6N4O5/c1-20-9-22(37,10-38-15-7-14(24(28,29)30)32-33(15)3)21(2,39-20)17-16(20)18(35)34(19(17)36)12-5-4-11(8-31)13(6-12)23(25,26)27/h4-7,16-17,37H,9-10H2,1-3H3/t16-,17+,20?,21?,22-/m1/s1. The molecule has 5 atom stereocenters. The van der Waals surface area contributed by atoms with Crippen molar-refractivity contribution in [2.45, 2.75) is 49.4 Å². The van der Waals surface area contributed by atoms with Crippen molar-refractivity contribution in [3.63, 3.8) is 0 Å². The van der Waals surface area contributed by atoms with Gasteiger partial charge in [0.2, 0.25) is 17.7 Å². The number of hydrogen-bond donors (Lipinski definition) is 1. The van der Waals surface area contributed by atoms with Gasteiger partial charge in [0.25, 0.3) is 0 Å². The number of nitriles is 1. The number of nitrogens with zero attached hydrogens (tertiary/aromatic N) is 4. The summed E-state index contributed by atoms with van der Waals surface area (Å²) in [7, 11) is 1.20. The third-order valence-electron chi connectivity index (χ3n) is 7.84. The number of aryl methyl sites for hydroxylation is 1. The number of hydrogen-bond acceptors (Lipinski definition) is 7. The summed E-state index contributed by atoms with van der Waals surface area (Å²) in [5.41, 5.74) is -8.83. The normalized spacial score (nSPS) is 32.1. The van der Waals surface area contributed by atoms with Gasteiger partial charge >= 0.3 is 12.4 Å². The van der Waals surface area contributed by atoms with Crippen LogP contribution in [-0.2, 0) is 33.7 Å². The van der Waals surface area contributed by atoms with Crippen LogP contribution in [0.25, 0.3) is 0 Å². The van der Waals surface area contributed by atoms with Gasteiger partial charge in [-0.1, -0.05) is 0 Å². The van der Waals surface area contributed by atoms with E-state index in [1.54, 1.807) is 0 Å². The second-order valence-electron chi connectivity index (χ2n) is 10.3. The van der Waals surface area contributed by atoms with E-state index in [0.29, 0.717) is 17.0 Å². The molecule has 39 heavy (non-hydrogen) atoms. The SMILES string of the molecule is Cn1nc(C(F)(F)F)cc1OC[C@]1(O)CC2(C)OC1(C)[C@@H]1C(=O)N(c3ccc(C#N)c(C(F)(F)F)c3)C(=O)[C@@H]12. The fraction of sp³-hybridized carbons (Fsp3) is 0.500. The third-order valence-corrected chi connectivity index (χ3v) is 7.84. The van der Waals surface area contributed by atoms with Gasteiger partial charge in [-0.15, -0.1) is 0 Å². The number of benzene rings is 1. The molecule has 1 aromatic heterocycles. The predicted molar refractivity (Wildman–Crippen MR) is 117 cm³/mol. The summed E-state index contributed by atoms with van der Waals surface area (Å²) >= 11 is 0. The van der Waals surface area contributed by atoms with E-state index in [0.717, 1.165) is 16.8 Å². The molecule has 0 radical (unpaired) electrons. The van der Waals surface area contributed by atoms with Crippen molar-refractivity contribution in [3.8, 4) is 11.9 Å². The molecule has 208 valence electrons. The lowest BCUT2D eigenvalue weighted by Gasteiger charge is -2.42. The van der Waals surface area contributed by atoms with Crippen molar-refractivity contribution >= 4 is 17.5 Å². The van der Waals surface area contributed by atoms with E-state index in [9.17, 15) is 41.0 Å². The molecule has 3 aliphatic heterocycles. The number of carbonyl (C=O) groups excluding carboxylic acids is 2. The molecule has 4 heterocycles. The number of alkyl halides is 6. The number of rotatable bonds is 4. The molecule has 2 unspecified atom stereocenters. The summed E-state index contributed by atoms with van der Waals surface area (Å²) in [4.78, 5) is 27.6. The first kappa shape index (κ1) is 26.9. The van der Waals surface area contributed by atoms with Crippen molar-refractivity contribution in [1.29, 1.82) is 5.26 Å². The quantitative estimate of drug-likeness (QED) is 0.453. The fourth-order valence-corrected chi connectivity index (χ4v) is 6.11. The van der Waals surface area contributed by atoms with Crippen molar-refractivity contribution in [2.75, 3.05) is 11.5 Å². The molecule has 5 rings (SSSR count). The smallest absolute Gasteiger partial charge is 0.435 e. The maximum absolute atomic E-state index is 13.6. The number of aromatic nitrogens is 2. The zero-order valence-corrected chi connectivity index (χ0v) is 20.5. The molecule has 3 fully saturated rings. The maximum Gasteiger partial charge on any atom is 0.435 e. The number of amides is 2. The van der Waals surface area contributed by atoms with Crippen LogP contribution in [0.1, 0.15) is 37.1 Å². The van der Waals surface area contributed by atoms with Crippen LogP contribution in [0, 0.1) is 23.2 Å². The number of fused-ring (bicyclic) bond motifs is 5. The summed E-state index contributed by atoms with van der Waals surface area (Å²) in [6, 6.07) is 4.51. The van der Waals surface area contributed by atoms with Crippen LogP contribution in [0.15, 0.2) is 24.3 Å². The van der Waals surface area contributed by atoms with Crippen LogP contribution in [0.2, 0.25) is 0 Å². The van der Waals surface area contributed by atoms with Crippen molar-refractivity contribution in [1.82, 2.24) is 9.78 Å². The van der Waals surface area contributed by atoms with Crippen LogP contribution in [0.4, 0.5) is 32.0 Å².